The number of hydrogen-bond donors (Lipinski definition) is 1. The third kappa shape index (κ3) is 3.28. The highest BCUT2D eigenvalue weighted by Crippen LogP contribution is 2.28. The number of anilines is 1. The lowest BCUT2D eigenvalue weighted by Crippen LogP contribution is -2.08. The average Bonchev–Trinajstić information content (AvgIpc) is 3.24. The predicted octanol–water partition coefficient (Wildman–Crippen LogP) is 3.86. The van der Waals surface area contributed by atoms with Gasteiger partial charge in [0.15, 0.2) is 5.65 Å². The lowest BCUT2D eigenvalue weighted by Gasteiger charge is -2.11. The van der Waals surface area contributed by atoms with Gasteiger partial charge in [0.1, 0.15) is 11.6 Å². The second kappa shape index (κ2) is 7.44. The van der Waals surface area contributed by atoms with Gasteiger partial charge in [0, 0.05) is 17.5 Å². The van der Waals surface area contributed by atoms with Gasteiger partial charge in [0.25, 0.3) is 0 Å². The predicted molar refractivity (Wildman–Crippen MR) is 114 cm³/mol. The van der Waals surface area contributed by atoms with E-state index in [1.54, 1.807) is 42.5 Å². The zero-order chi connectivity index (χ0) is 21.4. The quantitative estimate of drug-likeness (QED) is 0.453. The van der Waals surface area contributed by atoms with Crippen molar-refractivity contribution in [2.75, 3.05) is 5.32 Å². The summed E-state index contributed by atoms with van der Waals surface area (Å²) in [6.07, 6.45) is 0. The number of nitrogens with one attached hydrogen (secondary N) is 1. The van der Waals surface area contributed by atoms with Crippen molar-refractivity contribution in [2.45, 2.75) is 16.5 Å². The lowest BCUT2D eigenvalue weighted by atomic mass is 10.2. The normalized spacial score (nSPS) is 11.8. The first kappa shape index (κ1) is 19.1. The first-order chi connectivity index (χ1) is 15.1. The van der Waals surface area contributed by atoms with E-state index in [-0.39, 0.29) is 27.9 Å². The summed E-state index contributed by atoms with van der Waals surface area (Å²) in [5, 5.41) is 11.6. The number of hydrogen-bond acceptors (Lipinski definition) is 6. The fraction of sp³-hybridized carbons (Fsp3) is 0.0455. The molecule has 0 atom stereocenters. The Balaban J connectivity index is 1.67. The highest BCUT2D eigenvalue weighted by molar-refractivity contribution is 7.91. The topological polar surface area (TPSA) is 89.2 Å². The molecule has 154 valence electrons. The molecule has 0 bridgehead atoms. The summed E-state index contributed by atoms with van der Waals surface area (Å²) in [5.74, 6) is 0.0805. The van der Waals surface area contributed by atoms with Gasteiger partial charge in [-0.2, -0.15) is 4.52 Å². The Morgan fingerprint density at radius 3 is 2.42 bits per heavy atom. The molecule has 5 aromatic rings. The van der Waals surface area contributed by atoms with Crippen LogP contribution in [-0.2, 0) is 16.4 Å². The molecule has 0 amide bonds. The molecule has 2 aromatic heterocycles. The van der Waals surface area contributed by atoms with E-state index >= 15 is 0 Å². The van der Waals surface area contributed by atoms with Crippen molar-refractivity contribution < 1.29 is 12.8 Å². The molecule has 0 saturated carbocycles. The number of halogens is 1. The van der Waals surface area contributed by atoms with Gasteiger partial charge in [-0.1, -0.05) is 53.7 Å². The van der Waals surface area contributed by atoms with E-state index in [9.17, 15) is 12.8 Å². The number of nitrogens with zero attached hydrogens (tertiary/aromatic N) is 4. The number of benzene rings is 3. The molecular formula is C22H16FN5O2S. The van der Waals surface area contributed by atoms with Crippen LogP contribution < -0.4 is 5.32 Å². The standard InChI is InChI=1S/C22H16FN5O2S/c23-18-12-6-4-8-15(18)14-24-20-17-11-5-7-13-19(17)28-21(25-20)22(26-27-28)31(29,30)16-9-2-1-3-10-16/h1-13H,14H2,(H,24,25). The molecule has 0 aliphatic rings. The zero-order valence-corrected chi connectivity index (χ0v) is 16.9. The van der Waals surface area contributed by atoms with Crippen LogP contribution in [0.3, 0.4) is 0 Å². The fourth-order valence-electron chi connectivity index (χ4n) is 3.39. The summed E-state index contributed by atoms with van der Waals surface area (Å²) in [7, 11) is -3.93. The zero-order valence-electron chi connectivity index (χ0n) is 16.1. The van der Waals surface area contributed by atoms with Crippen LogP contribution in [0.2, 0.25) is 0 Å². The lowest BCUT2D eigenvalue weighted by molar-refractivity contribution is 0.592. The minimum absolute atomic E-state index is 0.0959. The molecule has 3 aromatic carbocycles. The Bertz CT molecular complexity index is 1520. The Kier molecular flexibility index (Phi) is 4.59. The number of sulfone groups is 1. The second-order valence-electron chi connectivity index (χ2n) is 6.87. The van der Waals surface area contributed by atoms with Crippen LogP contribution in [0.25, 0.3) is 16.6 Å². The Morgan fingerprint density at radius 2 is 1.61 bits per heavy atom. The average molecular weight is 433 g/mol. The summed E-state index contributed by atoms with van der Waals surface area (Å²) in [5.41, 5.74) is 1.20. The molecule has 9 heteroatoms. The van der Waals surface area contributed by atoms with Crippen molar-refractivity contribution >= 4 is 32.2 Å². The van der Waals surface area contributed by atoms with E-state index in [0.717, 1.165) is 0 Å². The first-order valence-electron chi connectivity index (χ1n) is 9.47. The van der Waals surface area contributed by atoms with Crippen LogP contribution in [-0.4, -0.2) is 28.2 Å². The third-order valence-electron chi connectivity index (χ3n) is 4.93. The highest BCUT2D eigenvalue weighted by atomic mass is 32.2. The number of rotatable bonds is 5. The fourth-order valence-corrected chi connectivity index (χ4v) is 4.64. The van der Waals surface area contributed by atoms with Crippen molar-refractivity contribution in [1.82, 2.24) is 19.8 Å². The molecule has 7 nitrogen and oxygen atoms in total. The maximum Gasteiger partial charge on any atom is 0.229 e. The summed E-state index contributed by atoms with van der Waals surface area (Å²) >= 11 is 0. The maximum atomic E-state index is 14.1. The van der Waals surface area contributed by atoms with Gasteiger partial charge < -0.3 is 5.32 Å². The molecular weight excluding hydrogens is 417 g/mol. The van der Waals surface area contributed by atoms with E-state index in [2.05, 4.69) is 20.6 Å². The molecule has 31 heavy (non-hydrogen) atoms. The molecule has 2 heterocycles. The van der Waals surface area contributed by atoms with Gasteiger partial charge in [-0.15, -0.1) is 5.10 Å². The van der Waals surface area contributed by atoms with Crippen molar-refractivity contribution in [3.05, 3.63) is 90.2 Å². The third-order valence-corrected chi connectivity index (χ3v) is 6.60. The van der Waals surface area contributed by atoms with Crippen molar-refractivity contribution in [3.8, 4) is 0 Å². The van der Waals surface area contributed by atoms with Crippen LogP contribution in [0.15, 0.2) is 88.8 Å². The Labute approximate surface area is 177 Å². The van der Waals surface area contributed by atoms with Gasteiger partial charge >= 0.3 is 0 Å². The SMILES string of the molecule is O=S(=O)(c1ccccc1)c1nnn2c1nc(NCc1ccccc1F)c1ccccc12. The van der Waals surface area contributed by atoms with Gasteiger partial charge in [-0.3, -0.25) is 0 Å². The number of fused-ring (bicyclic) bond motifs is 3. The monoisotopic (exact) mass is 433 g/mol. The smallest absolute Gasteiger partial charge is 0.229 e. The van der Waals surface area contributed by atoms with Crippen LogP contribution in [0.4, 0.5) is 10.2 Å². The molecule has 0 saturated heterocycles. The minimum Gasteiger partial charge on any atom is -0.365 e. The van der Waals surface area contributed by atoms with Crippen molar-refractivity contribution in [1.29, 1.82) is 0 Å². The molecule has 5 rings (SSSR count). The number of aromatic nitrogens is 4. The highest BCUT2D eigenvalue weighted by Gasteiger charge is 2.26. The summed E-state index contributed by atoms with van der Waals surface area (Å²) in [6.45, 7) is 0.183. The Hall–Kier alpha value is -3.85. The largest absolute Gasteiger partial charge is 0.365 e. The van der Waals surface area contributed by atoms with E-state index in [1.165, 1.54) is 22.7 Å². The van der Waals surface area contributed by atoms with Crippen molar-refractivity contribution in [2.24, 2.45) is 0 Å². The van der Waals surface area contributed by atoms with Crippen LogP contribution in [0, 0.1) is 5.82 Å². The number of para-hydroxylation sites is 1. The second-order valence-corrected chi connectivity index (χ2v) is 8.73. The van der Waals surface area contributed by atoms with Gasteiger partial charge in [0.05, 0.1) is 10.4 Å². The molecule has 0 aliphatic carbocycles. The molecule has 0 radical (unpaired) electrons. The minimum atomic E-state index is -3.93. The maximum absolute atomic E-state index is 14.1. The summed E-state index contributed by atoms with van der Waals surface area (Å²) < 4.78 is 41.8. The van der Waals surface area contributed by atoms with Crippen molar-refractivity contribution in [3.63, 3.8) is 0 Å². The molecule has 0 unspecified atom stereocenters. The van der Waals surface area contributed by atoms with E-state index in [4.69, 9.17) is 0 Å². The van der Waals surface area contributed by atoms with Gasteiger partial charge in [-0.05, 0) is 30.3 Å². The van der Waals surface area contributed by atoms with E-state index in [1.807, 2.05) is 18.2 Å². The summed E-state index contributed by atoms with van der Waals surface area (Å²) in [4.78, 5) is 4.63. The molecule has 1 N–H and O–H groups in total. The summed E-state index contributed by atoms with van der Waals surface area (Å²) in [6, 6.07) is 21.7. The first-order valence-corrected chi connectivity index (χ1v) is 11.0. The van der Waals surface area contributed by atoms with E-state index in [0.29, 0.717) is 22.3 Å². The molecule has 0 fully saturated rings. The van der Waals surface area contributed by atoms with Gasteiger partial charge in [0.2, 0.25) is 14.9 Å². The van der Waals surface area contributed by atoms with Gasteiger partial charge in [-0.25, -0.2) is 17.8 Å². The van der Waals surface area contributed by atoms with Crippen LogP contribution in [0.5, 0.6) is 0 Å². The van der Waals surface area contributed by atoms with Crippen LogP contribution >= 0.6 is 0 Å². The molecule has 0 aliphatic heterocycles. The van der Waals surface area contributed by atoms with Crippen LogP contribution in [0.1, 0.15) is 5.56 Å². The molecule has 0 spiro atoms. The van der Waals surface area contributed by atoms with E-state index < -0.39 is 9.84 Å². The Morgan fingerprint density at radius 1 is 0.903 bits per heavy atom.